The molecule has 0 radical (unpaired) electrons. The van der Waals surface area contributed by atoms with E-state index in [1.54, 1.807) is 7.11 Å². The van der Waals surface area contributed by atoms with Gasteiger partial charge in [-0.15, -0.1) is 12.4 Å². The highest BCUT2D eigenvalue weighted by Crippen LogP contribution is 2.16. The third kappa shape index (κ3) is 5.68. The highest BCUT2D eigenvalue weighted by molar-refractivity contribution is 5.85. The molecule has 1 unspecified atom stereocenters. The third-order valence-corrected chi connectivity index (χ3v) is 2.86. The minimum atomic E-state index is 0. The fourth-order valence-electron chi connectivity index (χ4n) is 1.96. The standard InChI is InChI=1S/C11H22N2O3.ClH/c1-15-7-8-16-6-4-11(14)13-5-2-3-10(13)9-12;/h10H,2-9,12H2,1H3;1H. The molecule has 0 bridgehead atoms. The zero-order valence-electron chi connectivity index (χ0n) is 10.4. The second kappa shape index (κ2) is 9.65. The van der Waals surface area contributed by atoms with Crippen molar-refractivity contribution in [2.45, 2.75) is 25.3 Å². The summed E-state index contributed by atoms with van der Waals surface area (Å²) < 4.78 is 10.1. The van der Waals surface area contributed by atoms with Gasteiger partial charge < -0.3 is 20.1 Å². The monoisotopic (exact) mass is 266 g/mol. The number of methoxy groups -OCH3 is 1. The molecule has 6 heteroatoms. The van der Waals surface area contributed by atoms with Crippen LogP contribution in [-0.4, -0.2) is 56.9 Å². The van der Waals surface area contributed by atoms with E-state index in [1.807, 2.05) is 4.90 Å². The molecule has 0 aliphatic carbocycles. The largest absolute Gasteiger partial charge is 0.382 e. The molecule has 1 saturated heterocycles. The molecule has 1 aliphatic heterocycles. The number of carbonyl (C=O) groups excluding carboxylic acids is 1. The molecule has 0 aromatic carbocycles. The molecule has 0 spiro atoms. The summed E-state index contributed by atoms with van der Waals surface area (Å²) in [5.74, 6) is 0.158. The fraction of sp³-hybridized carbons (Fsp3) is 0.909. The number of nitrogens with zero attached hydrogens (tertiary/aromatic N) is 1. The zero-order valence-corrected chi connectivity index (χ0v) is 11.2. The summed E-state index contributed by atoms with van der Waals surface area (Å²) in [6.45, 7) is 3.00. The van der Waals surface area contributed by atoms with Crippen LogP contribution in [0.5, 0.6) is 0 Å². The Bertz CT molecular complexity index is 217. The minimum absolute atomic E-state index is 0. The van der Waals surface area contributed by atoms with Crippen LogP contribution >= 0.6 is 12.4 Å². The second-order valence-corrected chi connectivity index (χ2v) is 3.97. The van der Waals surface area contributed by atoms with E-state index in [0.717, 1.165) is 19.4 Å². The Balaban J connectivity index is 0.00000256. The second-order valence-electron chi connectivity index (χ2n) is 3.97. The first-order chi connectivity index (χ1) is 7.79. The predicted molar refractivity (Wildman–Crippen MR) is 68.3 cm³/mol. The minimum Gasteiger partial charge on any atom is -0.382 e. The Morgan fingerprint density at radius 3 is 2.82 bits per heavy atom. The normalized spacial score (nSPS) is 19.2. The SMILES string of the molecule is COCCOCCC(=O)N1CCCC1CN.Cl. The van der Waals surface area contributed by atoms with Crippen molar-refractivity contribution in [2.24, 2.45) is 5.73 Å². The van der Waals surface area contributed by atoms with Gasteiger partial charge in [0, 0.05) is 26.2 Å². The molecular formula is C11H23ClN2O3. The van der Waals surface area contributed by atoms with Crippen LogP contribution in [0.1, 0.15) is 19.3 Å². The van der Waals surface area contributed by atoms with Crippen LogP contribution in [0.4, 0.5) is 0 Å². The van der Waals surface area contributed by atoms with Gasteiger partial charge in [-0.2, -0.15) is 0 Å². The van der Waals surface area contributed by atoms with Gasteiger partial charge in [-0.05, 0) is 12.8 Å². The van der Waals surface area contributed by atoms with E-state index in [4.69, 9.17) is 15.2 Å². The average Bonchev–Trinajstić information content (AvgIpc) is 2.76. The van der Waals surface area contributed by atoms with Gasteiger partial charge in [0.25, 0.3) is 0 Å². The van der Waals surface area contributed by atoms with Crippen molar-refractivity contribution < 1.29 is 14.3 Å². The van der Waals surface area contributed by atoms with Crippen molar-refractivity contribution in [1.82, 2.24) is 4.90 Å². The molecule has 17 heavy (non-hydrogen) atoms. The number of hydrogen-bond donors (Lipinski definition) is 1. The molecule has 0 saturated carbocycles. The Labute approximate surface area is 109 Å². The number of ether oxygens (including phenoxy) is 2. The lowest BCUT2D eigenvalue weighted by atomic mass is 10.2. The van der Waals surface area contributed by atoms with E-state index >= 15 is 0 Å². The maximum Gasteiger partial charge on any atom is 0.225 e. The summed E-state index contributed by atoms with van der Waals surface area (Å²) in [4.78, 5) is 13.7. The summed E-state index contributed by atoms with van der Waals surface area (Å²) in [7, 11) is 1.63. The van der Waals surface area contributed by atoms with Gasteiger partial charge in [-0.3, -0.25) is 4.79 Å². The first-order valence-electron chi connectivity index (χ1n) is 5.85. The van der Waals surface area contributed by atoms with E-state index in [-0.39, 0.29) is 24.4 Å². The molecule has 102 valence electrons. The van der Waals surface area contributed by atoms with Gasteiger partial charge in [0.2, 0.25) is 5.91 Å². The summed E-state index contributed by atoms with van der Waals surface area (Å²) in [5.41, 5.74) is 5.61. The van der Waals surface area contributed by atoms with Crippen LogP contribution in [-0.2, 0) is 14.3 Å². The average molecular weight is 267 g/mol. The molecule has 2 N–H and O–H groups in total. The molecular weight excluding hydrogens is 244 g/mol. The van der Waals surface area contributed by atoms with Gasteiger partial charge in [-0.1, -0.05) is 0 Å². The van der Waals surface area contributed by atoms with Gasteiger partial charge in [-0.25, -0.2) is 0 Å². The smallest absolute Gasteiger partial charge is 0.225 e. The van der Waals surface area contributed by atoms with Crippen LogP contribution in [0.15, 0.2) is 0 Å². The van der Waals surface area contributed by atoms with Crippen LogP contribution in [0.2, 0.25) is 0 Å². The number of carbonyl (C=O) groups is 1. The molecule has 0 aromatic rings. The lowest BCUT2D eigenvalue weighted by Gasteiger charge is -2.23. The van der Waals surface area contributed by atoms with Crippen molar-refractivity contribution in [3.63, 3.8) is 0 Å². The first-order valence-corrected chi connectivity index (χ1v) is 5.85. The van der Waals surface area contributed by atoms with Gasteiger partial charge in [0.15, 0.2) is 0 Å². The maximum absolute atomic E-state index is 11.8. The van der Waals surface area contributed by atoms with Crippen molar-refractivity contribution in [2.75, 3.05) is 40.0 Å². The topological polar surface area (TPSA) is 64.8 Å². The van der Waals surface area contributed by atoms with Crippen LogP contribution in [0.25, 0.3) is 0 Å². The molecule has 1 heterocycles. The molecule has 1 atom stereocenters. The molecule has 1 amide bonds. The Morgan fingerprint density at radius 2 is 2.18 bits per heavy atom. The van der Waals surface area contributed by atoms with E-state index in [9.17, 15) is 4.79 Å². The Hall–Kier alpha value is -0.360. The summed E-state index contributed by atoms with van der Waals surface area (Å²) >= 11 is 0. The summed E-state index contributed by atoms with van der Waals surface area (Å²) in [5, 5.41) is 0. The number of amides is 1. The quantitative estimate of drug-likeness (QED) is 0.678. The Kier molecular flexibility index (Phi) is 9.44. The maximum atomic E-state index is 11.8. The van der Waals surface area contributed by atoms with Crippen LogP contribution < -0.4 is 5.73 Å². The van der Waals surface area contributed by atoms with E-state index in [0.29, 0.717) is 32.8 Å². The van der Waals surface area contributed by atoms with Gasteiger partial charge in [0.05, 0.1) is 26.2 Å². The summed E-state index contributed by atoms with van der Waals surface area (Å²) in [6, 6.07) is 0.242. The van der Waals surface area contributed by atoms with E-state index in [2.05, 4.69) is 0 Å². The summed E-state index contributed by atoms with van der Waals surface area (Å²) in [6.07, 6.45) is 2.55. The first kappa shape index (κ1) is 16.6. The van der Waals surface area contributed by atoms with Crippen LogP contribution in [0, 0.1) is 0 Å². The lowest BCUT2D eigenvalue weighted by Crippen LogP contribution is -2.40. The fourth-order valence-corrected chi connectivity index (χ4v) is 1.96. The molecule has 1 rings (SSSR count). The third-order valence-electron chi connectivity index (χ3n) is 2.86. The van der Waals surface area contributed by atoms with Gasteiger partial charge >= 0.3 is 0 Å². The van der Waals surface area contributed by atoms with E-state index in [1.165, 1.54) is 0 Å². The van der Waals surface area contributed by atoms with Crippen molar-refractivity contribution >= 4 is 18.3 Å². The molecule has 1 aliphatic rings. The zero-order chi connectivity index (χ0) is 11.8. The molecule has 1 fully saturated rings. The van der Waals surface area contributed by atoms with Crippen molar-refractivity contribution in [3.8, 4) is 0 Å². The highest BCUT2D eigenvalue weighted by Gasteiger charge is 2.26. The van der Waals surface area contributed by atoms with Gasteiger partial charge in [0.1, 0.15) is 0 Å². The highest BCUT2D eigenvalue weighted by atomic mass is 35.5. The van der Waals surface area contributed by atoms with Crippen LogP contribution in [0.3, 0.4) is 0 Å². The predicted octanol–water partition coefficient (Wildman–Crippen LogP) is 0.411. The number of likely N-dealkylation sites (tertiary alicyclic amines) is 1. The number of halogens is 1. The molecule has 0 aromatic heterocycles. The number of nitrogens with two attached hydrogens (primary N) is 1. The molecule has 5 nitrogen and oxygen atoms in total. The van der Waals surface area contributed by atoms with E-state index < -0.39 is 0 Å². The number of rotatable bonds is 7. The lowest BCUT2D eigenvalue weighted by molar-refractivity contribution is -0.133. The number of hydrogen-bond acceptors (Lipinski definition) is 4. The van der Waals surface area contributed by atoms with Crippen molar-refractivity contribution in [3.05, 3.63) is 0 Å². The van der Waals surface area contributed by atoms with Crippen molar-refractivity contribution in [1.29, 1.82) is 0 Å². The Morgan fingerprint density at radius 1 is 1.41 bits per heavy atom.